The third-order valence-electron chi connectivity index (χ3n) is 2.15. The Morgan fingerprint density at radius 2 is 1.82 bits per heavy atom. The highest BCUT2D eigenvalue weighted by atomic mass is 32.2. The zero-order chi connectivity index (χ0) is 13.1. The average molecular weight is 264 g/mol. The molecule has 0 aliphatic carbocycles. The maximum Gasteiger partial charge on any atom is 0.273 e. The predicted octanol–water partition coefficient (Wildman–Crippen LogP) is 0.867. The lowest BCUT2D eigenvalue weighted by Gasteiger charge is -2.14. The second-order valence-electron chi connectivity index (χ2n) is 3.70. The Hall–Kier alpha value is -1.05. The van der Waals surface area contributed by atoms with Gasteiger partial charge in [-0.25, -0.2) is 21.9 Å². The second-order valence-corrected chi connectivity index (χ2v) is 5.46. The van der Waals surface area contributed by atoms with Crippen molar-refractivity contribution in [2.75, 3.05) is 13.1 Å². The third kappa shape index (κ3) is 4.03. The van der Waals surface area contributed by atoms with Crippen LogP contribution >= 0.6 is 0 Å². The lowest BCUT2D eigenvalue weighted by molar-refractivity contribution is 0.0170. The number of benzene rings is 1. The van der Waals surface area contributed by atoms with Gasteiger partial charge in [-0.3, -0.25) is 0 Å². The van der Waals surface area contributed by atoms with E-state index < -0.39 is 29.0 Å². The molecule has 0 saturated carbocycles. The third-order valence-corrected chi connectivity index (χ3v) is 3.57. The van der Waals surface area contributed by atoms with E-state index in [1.807, 2.05) is 4.72 Å². The van der Waals surface area contributed by atoms with Crippen LogP contribution in [0.4, 0.5) is 8.78 Å². The highest BCUT2D eigenvalue weighted by molar-refractivity contribution is 7.89. The Kier molecular flexibility index (Phi) is 4.18. The van der Waals surface area contributed by atoms with Crippen LogP contribution in [0.5, 0.6) is 0 Å². The van der Waals surface area contributed by atoms with Crippen molar-refractivity contribution in [3.8, 4) is 0 Å². The van der Waals surface area contributed by atoms with E-state index in [9.17, 15) is 17.2 Å². The SMILES string of the molecule is Cc1ccc(S(=O)(=O)NCC(F)(F)CN)cc1. The summed E-state index contributed by atoms with van der Waals surface area (Å²) in [5.74, 6) is -3.24. The van der Waals surface area contributed by atoms with Gasteiger partial charge in [0.1, 0.15) is 0 Å². The molecule has 0 saturated heterocycles. The molecule has 0 fully saturated rings. The van der Waals surface area contributed by atoms with Gasteiger partial charge in [-0.05, 0) is 19.1 Å². The number of hydrogen-bond acceptors (Lipinski definition) is 3. The molecule has 3 N–H and O–H groups in total. The molecule has 96 valence electrons. The van der Waals surface area contributed by atoms with Crippen LogP contribution in [-0.4, -0.2) is 27.4 Å². The molecule has 0 bridgehead atoms. The number of nitrogens with one attached hydrogen (secondary N) is 1. The minimum atomic E-state index is -3.91. The lowest BCUT2D eigenvalue weighted by atomic mass is 10.2. The van der Waals surface area contributed by atoms with Crippen molar-refractivity contribution in [1.29, 1.82) is 0 Å². The first-order chi connectivity index (χ1) is 7.77. The quantitative estimate of drug-likeness (QED) is 0.828. The minimum absolute atomic E-state index is 0.0454. The molecule has 1 aromatic rings. The lowest BCUT2D eigenvalue weighted by Crippen LogP contribution is -2.41. The maximum absolute atomic E-state index is 12.8. The van der Waals surface area contributed by atoms with Crippen molar-refractivity contribution < 1.29 is 17.2 Å². The van der Waals surface area contributed by atoms with Gasteiger partial charge in [-0.2, -0.15) is 0 Å². The molecule has 0 atom stereocenters. The van der Waals surface area contributed by atoms with Gasteiger partial charge in [0.15, 0.2) is 0 Å². The Labute approximate surface area is 98.9 Å². The van der Waals surface area contributed by atoms with Gasteiger partial charge >= 0.3 is 0 Å². The van der Waals surface area contributed by atoms with Gasteiger partial charge in [-0.15, -0.1) is 0 Å². The summed E-state index contributed by atoms with van der Waals surface area (Å²) < 4.78 is 50.7. The van der Waals surface area contributed by atoms with Gasteiger partial charge in [-0.1, -0.05) is 17.7 Å². The molecule has 1 rings (SSSR count). The van der Waals surface area contributed by atoms with E-state index in [-0.39, 0.29) is 4.90 Å². The van der Waals surface area contributed by atoms with Crippen molar-refractivity contribution in [1.82, 2.24) is 4.72 Å². The van der Waals surface area contributed by atoms with E-state index in [0.717, 1.165) is 5.56 Å². The molecule has 0 spiro atoms. The fourth-order valence-corrected chi connectivity index (χ4v) is 2.14. The highest BCUT2D eigenvalue weighted by Gasteiger charge is 2.29. The molecular formula is C10H14F2N2O2S. The van der Waals surface area contributed by atoms with Gasteiger partial charge in [0.05, 0.1) is 18.0 Å². The van der Waals surface area contributed by atoms with Crippen LogP contribution in [-0.2, 0) is 10.0 Å². The fourth-order valence-electron chi connectivity index (χ4n) is 1.07. The molecule has 0 aliphatic rings. The van der Waals surface area contributed by atoms with Crippen LogP contribution in [0.25, 0.3) is 0 Å². The van der Waals surface area contributed by atoms with E-state index in [2.05, 4.69) is 0 Å². The average Bonchev–Trinajstić information content (AvgIpc) is 2.27. The maximum atomic E-state index is 12.8. The Morgan fingerprint density at radius 1 is 1.29 bits per heavy atom. The molecule has 4 nitrogen and oxygen atoms in total. The first kappa shape index (κ1) is 14.0. The highest BCUT2D eigenvalue weighted by Crippen LogP contribution is 2.13. The summed E-state index contributed by atoms with van der Waals surface area (Å²) in [6, 6.07) is 5.90. The van der Waals surface area contributed by atoms with Crippen LogP contribution in [0.3, 0.4) is 0 Å². The van der Waals surface area contributed by atoms with Crippen LogP contribution < -0.4 is 10.5 Å². The zero-order valence-corrected chi connectivity index (χ0v) is 10.1. The van der Waals surface area contributed by atoms with Gasteiger partial charge in [0.25, 0.3) is 5.92 Å². The number of sulfonamides is 1. The van der Waals surface area contributed by atoms with Crippen LogP contribution in [0.15, 0.2) is 29.2 Å². The van der Waals surface area contributed by atoms with Crippen molar-refractivity contribution in [3.63, 3.8) is 0 Å². The topological polar surface area (TPSA) is 72.2 Å². The van der Waals surface area contributed by atoms with E-state index in [4.69, 9.17) is 5.73 Å². The predicted molar refractivity (Wildman–Crippen MR) is 60.4 cm³/mol. The molecule has 0 aliphatic heterocycles. The molecule has 0 amide bonds. The Balaban J connectivity index is 2.79. The number of hydrogen-bond donors (Lipinski definition) is 2. The minimum Gasteiger partial charge on any atom is -0.325 e. The molecule has 0 radical (unpaired) electrons. The first-order valence-electron chi connectivity index (χ1n) is 4.91. The monoisotopic (exact) mass is 264 g/mol. The summed E-state index contributed by atoms with van der Waals surface area (Å²) in [5.41, 5.74) is 5.69. The summed E-state index contributed by atoms with van der Waals surface area (Å²) in [7, 11) is -3.91. The van der Waals surface area contributed by atoms with E-state index in [1.165, 1.54) is 12.1 Å². The molecule has 1 aromatic carbocycles. The van der Waals surface area contributed by atoms with Gasteiger partial charge in [0, 0.05) is 0 Å². The largest absolute Gasteiger partial charge is 0.325 e. The molecule has 0 unspecified atom stereocenters. The van der Waals surface area contributed by atoms with Crippen LogP contribution in [0.2, 0.25) is 0 Å². The summed E-state index contributed by atoms with van der Waals surface area (Å²) in [6.45, 7) is -0.102. The number of aryl methyl sites for hydroxylation is 1. The number of halogens is 2. The summed E-state index contributed by atoms with van der Waals surface area (Å²) in [6.07, 6.45) is 0. The smallest absolute Gasteiger partial charge is 0.273 e. The number of nitrogens with two attached hydrogens (primary N) is 1. The summed E-state index contributed by atoms with van der Waals surface area (Å²) in [4.78, 5) is -0.0454. The second kappa shape index (κ2) is 5.07. The standard InChI is InChI=1S/C10H14F2N2O2S/c1-8-2-4-9(5-3-8)17(15,16)14-7-10(11,12)6-13/h2-5,14H,6-7,13H2,1H3. The summed E-state index contributed by atoms with van der Waals surface area (Å²) in [5, 5.41) is 0. The van der Waals surface area contributed by atoms with Crippen molar-refractivity contribution in [2.24, 2.45) is 5.73 Å². The first-order valence-corrected chi connectivity index (χ1v) is 6.39. The fraction of sp³-hybridized carbons (Fsp3) is 0.400. The Bertz CT molecular complexity index is 472. The van der Waals surface area contributed by atoms with Crippen LogP contribution in [0, 0.1) is 6.92 Å². The molecule has 0 aromatic heterocycles. The summed E-state index contributed by atoms with van der Waals surface area (Å²) >= 11 is 0. The van der Waals surface area contributed by atoms with Crippen molar-refractivity contribution >= 4 is 10.0 Å². The van der Waals surface area contributed by atoms with E-state index in [1.54, 1.807) is 19.1 Å². The Morgan fingerprint density at radius 3 is 2.29 bits per heavy atom. The molecular weight excluding hydrogens is 250 g/mol. The molecule has 0 heterocycles. The zero-order valence-electron chi connectivity index (χ0n) is 9.28. The molecule has 17 heavy (non-hydrogen) atoms. The number of alkyl halides is 2. The van der Waals surface area contributed by atoms with E-state index in [0.29, 0.717) is 0 Å². The van der Waals surface area contributed by atoms with Crippen LogP contribution in [0.1, 0.15) is 5.56 Å². The van der Waals surface area contributed by atoms with Gasteiger partial charge in [0.2, 0.25) is 10.0 Å². The molecule has 7 heteroatoms. The van der Waals surface area contributed by atoms with Crippen molar-refractivity contribution in [2.45, 2.75) is 17.7 Å². The number of rotatable bonds is 5. The van der Waals surface area contributed by atoms with Crippen molar-refractivity contribution in [3.05, 3.63) is 29.8 Å². The van der Waals surface area contributed by atoms with E-state index >= 15 is 0 Å². The van der Waals surface area contributed by atoms with Gasteiger partial charge < -0.3 is 5.73 Å². The normalized spacial score (nSPS) is 12.7.